The lowest BCUT2D eigenvalue weighted by atomic mass is 10.1. The molecule has 1 atom stereocenters. The summed E-state index contributed by atoms with van der Waals surface area (Å²) in [5, 5.41) is 2.81. The molecule has 0 aromatic heterocycles. The third-order valence-electron chi connectivity index (χ3n) is 3.73. The molecule has 0 aliphatic carbocycles. The van der Waals surface area contributed by atoms with Crippen molar-refractivity contribution in [2.45, 2.75) is 27.2 Å². The van der Waals surface area contributed by atoms with Crippen molar-refractivity contribution in [3.8, 4) is 0 Å². The smallest absolute Gasteiger partial charge is 0.251 e. The van der Waals surface area contributed by atoms with Crippen LogP contribution in [0.15, 0.2) is 24.3 Å². The van der Waals surface area contributed by atoms with Crippen LogP contribution in [-0.2, 0) is 14.8 Å². The van der Waals surface area contributed by atoms with Gasteiger partial charge in [-0.05, 0) is 36.6 Å². The second-order valence-corrected chi connectivity index (χ2v) is 8.13. The van der Waals surface area contributed by atoms with Gasteiger partial charge in [0.15, 0.2) is 0 Å². The second-order valence-electron chi connectivity index (χ2n) is 6.27. The van der Waals surface area contributed by atoms with Gasteiger partial charge in [-0.15, -0.1) is 0 Å². The van der Waals surface area contributed by atoms with Crippen LogP contribution in [0.25, 0.3) is 0 Å². The monoisotopic (exact) mass is 338 g/mol. The van der Waals surface area contributed by atoms with Crippen LogP contribution in [0.2, 0.25) is 0 Å². The van der Waals surface area contributed by atoms with Crippen molar-refractivity contribution in [1.82, 2.24) is 5.32 Å². The first-order valence-electron chi connectivity index (χ1n) is 7.67. The summed E-state index contributed by atoms with van der Waals surface area (Å²) in [4.78, 5) is 24.0. The molecule has 23 heavy (non-hydrogen) atoms. The predicted octanol–water partition coefficient (Wildman–Crippen LogP) is 1.77. The van der Waals surface area contributed by atoms with Crippen molar-refractivity contribution in [1.29, 1.82) is 0 Å². The van der Waals surface area contributed by atoms with E-state index in [0.29, 0.717) is 18.0 Å². The Kier molecular flexibility index (Phi) is 5.09. The molecule has 126 valence electrons. The van der Waals surface area contributed by atoms with Gasteiger partial charge in [0.1, 0.15) is 0 Å². The number of sulfonamides is 1. The highest BCUT2D eigenvalue weighted by atomic mass is 32.2. The van der Waals surface area contributed by atoms with Crippen LogP contribution in [0.3, 0.4) is 0 Å². The molecule has 2 amide bonds. The lowest BCUT2D eigenvalue weighted by molar-refractivity contribution is -0.119. The topological polar surface area (TPSA) is 83.6 Å². The molecule has 1 N–H and O–H groups in total. The van der Waals surface area contributed by atoms with E-state index in [0.717, 1.165) is 10.7 Å². The largest absolute Gasteiger partial charge is 0.352 e. The highest BCUT2D eigenvalue weighted by molar-refractivity contribution is 7.94. The molecule has 1 fully saturated rings. The number of hydrogen-bond acceptors (Lipinski definition) is 4. The standard InChI is InChI=1S/C16H22N2O4S/c1-11(2)8-9-17-15(19)13-4-6-14(7-5-13)18-16(20)12(3)10-23(18,21)22/h4-7,11-12H,8-10H2,1-3H3,(H,17,19). The molecule has 0 bridgehead atoms. The van der Waals surface area contributed by atoms with Crippen LogP contribution in [0.4, 0.5) is 5.69 Å². The van der Waals surface area contributed by atoms with E-state index in [4.69, 9.17) is 0 Å². The summed E-state index contributed by atoms with van der Waals surface area (Å²) >= 11 is 0. The molecule has 0 saturated carbocycles. The molecule has 1 aromatic rings. The number of hydrogen-bond donors (Lipinski definition) is 1. The van der Waals surface area contributed by atoms with Gasteiger partial charge in [-0.25, -0.2) is 12.7 Å². The number of nitrogens with one attached hydrogen (secondary N) is 1. The number of nitrogens with zero attached hydrogens (tertiary/aromatic N) is 1. The molecule has 0 radical (unpaired) electrons. The van der Waals surface area contributed by atoms with Crippen molar-refractivity contribution >= 4 is 27.5 Å². The van der Waals surface area contributed by atoms with Gasteiger partial charge in [-0.2, -0.15) is 0 Å². The van der Waals surface area contributed by atoms with Crippen LogP contribution in [0, 0.1) is 11.8 Å². The molecular formula is C16H22N2O4S. The number of anilines is 1. The average Bonchev–Trinajstić information content (AvgIpc) is 2.67. The van der Waals surface area contributed by atoms with Gasteiger partial charge >= 0.3 is 0 Å². The summed E-state index contributed by atoms with van der Waals surface area (Å²) in [7, 11) is -3.61. The van der Waals surface area contributed by atoms with E-state index in [2.05, 4.69) is 19.2 Å². The lowest BCUT2D eigenvalue weighted by Crippen LogP contribution is -2.30. The molecule has 1 aromatic carbocycles. The minimum atomic E-state index is -3.61. The molecule has 6 nitrogen and oxygen atoms in total. The number of amides is 2. The molecule has 7 heteroatoms. The zero-order valence-corrected chi connectivity index (χ0v) is 14.4. The van der Waals surface area contributed by atoms with Crippen LogP contribution in [0.5, 0.6) is 0 Å². The first kappa shape index (κ1) is 17.5. The molecule has 0 spiro atoms. The summed E-state index contributed by atoms with van der Waals surface area (Å²) in [6.07, 6.45) is 0.891. The Morgan fingerprint density at radius 2 is 1.91 bits per heavy atom. The first-order valence-corrected chi connectivity index (χ1v) is 9.28. The van der Waals surface area contributed by atoms with Gasteiger partial charge in [0.05, 0.1) is 17.4 Å². The van der Waals surface area contributed by atoms with E-state index in [-0.39, 0.29) is 17.3 Å². The number of carbonyl (C=O) groups excluding carboxylic acids is 2. The van der Waals surface area contributed by atoms with Gasteiger partial charge in [0, 0.05) is 12.1 Å². The Morgan fingerprint density at radius 1 is 1.30 bits per heavy atom. The molecule has 1 heterocycles. The fourth-order valence-electron chi connectivity index (χ4n) is 2.41. The maximum absolute atomic E-state index is 12.0. The molecule has 1 saturated heterocycles. The highest BCUT2D eigenvalue weighted by Crippen LogP contribution is 2.28. The number of benzene rings is 1. The third kappa shape index (κ3) is 3.90. The SMILES string of the molecule is CC(C)CCNC(=O)c1ccc(N2C(=O)C(C)CS2(=O)=O)cc1. The lowest BCUT2D eigenvalue weighted by Gasteiger charge is -2.15. The average molecular weight is 338 g/mol. The maximum atomic E-state index is 12.0. The predicted molar refractivity (Wildman–Crippen MR) is 88.7 cm³/mol. The van der Waals surface area contributed by atoms with Crippen LogP contribution in [-0.4, -0.2) is 32.5 Å². The summed E-state index contributed by atoms with van der Waals surface area (Å²) in [6.45, 7) is 6.34. The van der Waals surface area contributed by atoms with Crippen molar-refractivity contribution in [3.05, 3.63) is 29.8 Å². The van der Waals surface area contributed by atoms with Crippen LogP contribution < -0.4 is 9.62 Å². The Hall–Kier alpha value is -1.89. The minimum Gasteiger partial charge on any atom is -0.352 e. The van der Waals surface area contributed by atoms with Crippen molar-refractivity contribution in [2.24, 2.45) is 11.8 Å². The Labute approximate surface area is 136 Å². The first-order chi connectivity index (χ1) is 10.7. The Morgan fingerprint density at radius 3 is 2.39 bits per heavy atom. The molecule has 2 rings (SSSR count). The molecule has 1 aliphatic rings. The van der Waals surface area contributed by atoms with Gasteiger partial charge in [0.25, 0.3) is 5.91 Å². The van der Waals surface area contributed by atoms with E-state index in [1.807, 2.05) is 0 Å². The summed E-state index contributed by atoms with van der Waals surface area (Å²) in [5.41, 5.74) is 0.715. The third-order valence-corrected chi connectivity index (χ3v) is 5.60. The van der Waals surface area contributed by atoms with Gasteiger partial charge in [0.2, 0.25) is 15.9 Å². The van der Waals surface area contributed by atoms with Crippen LogP contribution in [0.1, 0.15) is 37.6 Å². The minimum absolute atomic E-state index is 0.177. The fraction of sp³-hybridized carbons (Fsp3) is 0.500. The highest BCUT2D eigenvalue weighted by Gasteiger charge is 2.41. The number of rotatable bonds is 5. The number of carbonyl (C=O) groups is 2. The van der Waals surface area contributed by atoms with Gasteiger partial charge in [-0.1, -0.05) is 20.8 Å². The fourth-order valence-corrected chi connectivity index (χ4v) is 4.23. The van der Waals surface area contributed by atoms with E-state index in [9.17, 15) is 18.0 Å². The van der Waals surface area contributed by atoms with Gasteiger partial charge in [-0.3, -0.25) is 9.59 Å². The normalized spacial score (nSPS) is 20.1. The molecular weight excluding hydrogens is 316 g/mol. The van der Waals surface area contributed by atoms with Crippen molar-refractivity contribution < 1.29 is 18.0 Å². The zero-order valence-electron chi connectivity index (χ0n) is 13.6. The van der Waals surface area contributed by atoms with E-state index >= 15 is 0 Å². The Bertz CT molecular complexity index is 695. The van der Waals surface area contributed by atoms with E-state index in [1.165, 1.54) is 24.3 Å². The van der Waals surface area contributed by atoms with Crippen molar-refractivity contribution in [2.75, 3.05) is 16.6 Å². The summed E-state index contributed by atoms with van der Waals surface area (Å²) in [6, 6.07) is 6.05. The molecule has 1 unspecified atom stereocenters. The molecule has 1 aliphatic heterocycles. The Balaban J connectivity index is 2.11. The summed E-state index contributed by atoms with van der Waals surface area (Å²) < 4.78 is 24.9. The zero-order chi connectivity index (χ0) is 17.2. The quantitative estimate of drug-likeness (QED) is 0.887. The van der Waals surface area contributed by atoms with Gasteiger partial charge < -0.3 is 5.32 Å². The van der Waals surface area contributed by atoms with E-state index in [1.54, 1.807) is 6.92 Å². The maximum Gasteiger partial charge on any atom is 0.251 e. The van der Waals surface area contributed by atoms with E-state index < -0.39 is 21.8 Å². The summed E-state index contributed by atoms with van der Waals surface area (Å²) in [5.74, 6) is -0.853. The van der Waals surface area contributed by atoms with Crippen LogP contribution >= 0.6 is 0 Å². The second kappa shape index (κ2) is 6.70. The van der Waals surface area contributed by atoms with Crippen molar-refractivity contribution in [3.63, 3.8) is 0 Å².